The van der Waals surface area contributed by atoms with Crippen molar-refractivity contribution < 1.29 is 13.5 Å². The highest BCUT2D eigenvalue weighted by atomic mass is 19.3. The maximum Gasteiger partial charge on any atom is 0.387 e. The first kappa shape index (κ1) is 16.5. The summed E-state index contributed by atoms with van der Waals surface area (Å²) in [6, 6.07) is 14.8. The molecule has 0 saturated carbocycles. The Morgan fingerprint density at radius 3 is 2.69 bits per heavy atom. The summed E-state index contributed by atoms with van der Waals surface area (Å²) in [4.78, 5) is 4.27. The first-order valence-corrected chi connectivity index (χ1v) is 8.38. The Hall–Kier alpha value is -2.96. The van der Waals surface area contributed by atoms with E-state index in [1.54, 1.807) is 18.2 Å². The van der Waals surface area contributed by atoms with Crippen LogP contribution < -0.4 is 10.1 Å². The van der Waals surface area contributed by atoms with Crippen LogP contribution in [0.1, 0.15) is 35.2 Å². The average Bonchev–Trinajstić information content (AvgIpc) is 3.10. The summed E-state index contributed by atoms with van der Waals surface area (Å²) in [6.45, 7) is -0.829. The van der Waals surface area contributed by atoms with Crippen molar-refractivity contribution >= 4 is 5.95 Å². The van der Waals surface area contributed by atoms with Crippen LogP contribution in [0.25, 0.3) is 0 Å². The molecule has 0 unspecified atom stereocenters. The third-order valence-corrected chi connectivity index (χ3v) is 4.60. The molecule has 1 aromatic heterocycles. The van der Waals surface area contributed by atoms with Crippen molar-refractivity contribution in [2.75, 3.05) is 5.32 Å². The van der Waals surface area contributed by atoms with Crippen LogP contribution in [0.3, 0.4) is 0 Å². The van der Waals surface area contributed by atoms with Gasteiger partial charge in [0.2, 0.25) is 5.95 Å². The highest BCUT2D eigenvalue weighted by Gasteiger charge is 2.31. The summed E-state index contributed by atoms with van der Waals surface area (Å²) in [6.07, 6.45) is 2.14. The smallest absolute Gasteiger partial charge is 0.387 e. The molecule has 4 rings (SSSR count). The molecule has 1 aliphatic heterocycles. The van der Waals surface area contributed by atoms with Gasteiger partial charge in [-0.3, -0.25) is 0 Å². The summed E-state index contributed by atoms with van der Waals surface area (Å²) in [5.41, 5.74) is 2.95. The normalized spacial score (nSPS) is 19.1. The van der Waals surface area contributed by atoms with Gasteiger partial charge in [0.05, 0.1) is 12.1 Å². The number of anilines is 1. The Morgan fingerprint density at radius 2 is 1.92 bits per heavy atom. The van der Waals surface area contributed by atoms with Gasteiger partial charge in [0.15, 0.2) is 0 Å². The largest absolute Gasteiger partial charge is 0.434 e. The van der Waals surface area contributed by atoms with Gasteiger partial charge < -0.3 is 10.1 Å². The van der Waals surface area contributed by atoms with Crippen molar-refractivity contribution in [3.8, 4) is 5.75 Å². The minimum atomic E-state index is -2.86. The van der Waals surface area contributed by atoms with E-state index in [1.165, 1.54) is 11.9 Å². The summed E-state index contributed by atoms with van der Waals surface area (Å²) in [5, 5.41) is 7.61. The predicted octanol–water partition coefficient (Wildman–Crippen LogP) is 4.33. The molecule has 1 N–H and O–H groups in total. The van der Waals surface area contributed by atoms with Gasteiger partial charge in [0, 0.05) is 5.56 Å². The van der Waals surface area contributed by atoms with Crippen LogP contribution in [0.15, 0.2) is 54.9 Å². The van der Waals surface area contributed by atoms with E-state index in [0.717, 1.165) is 5.56 Å². The zero-order valence-corrected chi connectivity index (χ0v) is 14.1. The lowest BCUT2D eigenvalue weighted by Gasteiger charge is -2.32. The standard InChI is InChI=1S/C19H18F2N4O/c1-12-6-8-13(9-7-12)16-10-15(24-19-22-11-23-25(16)19)14-4-2-3-5-17(14)26-18(20)21/h2-9,11,15-16,18H,10H2,1H3,(H,22,23,24)/t15-,16+/m1/s1. The molecule has 5 nitrogen and oxygen atoms in total. The molecule has 0 radical (unpaired) electrons. The quantitative estimate of drug-likeness (QED) is 0.756. The molecule has 3 aromatic rings. The summed E-state index contributed by atoms with van der Waals surface area (Å²) < 4.78 is 32.1. The van der Waals surface area contributed by atoms with E-state index in [2.05, 4.69) is 39.7 Å². The second-order valence-corrected chi connectivity index (χ2v) is 6.30. The lowest BCUT2D eigenvalue weighted by atomic mass is 9.92. The second-order valence-electron chi connectivity index (χ2n) is 6.30. The van der Waals surface area contributed by atoms with Crippen molar-refractivity contribution in [3.05, 3.63) is 71.5 Å². The fourth-order valence-corrected chi connectivity index (χ4v) is 3.36. The Balaban J connectivity index is 1.71. The Labute approximate surface area is 149 Å². The van der Waals surface area contributed by atoms with E-state index in [-0.39, 0.29) is 17.8 Å². The number of aromatic nitrogens is 3. The first-order chi connectivity index (χ1) is 12.6. The first-order valence-electron chi connectivity index (χ1n) is 8.38. The molecule has 0 fully saturated rings. The topological polar surface area (TPSA) is 52.0 Å². The molecule has 134 valence electrons. The van der Waals surface area contributed by atoms with Gasteiger partial charge in [-0.05, 0) is 25.0 Å². The van der Waals surface area contributed by atoms with Crippen LogP contribution in [0.4, 0.5) is 14.7 Å². The van der Waals surface area contributed by atoms with Crippen LogP contribution in [0.2, 0.25) is 0 Å². The van der Waals surface area contributed by atoms with Crippen molar-refractivity contribution in [1.82, 2.24) is 14.8 Å². The van der Waals surface area contributed by atoms with Gasteiger partial charge in [0.25, 0.3) is 0 Å². The van der Waals surface area contributed by atoms with Crippen molar-refractivity contribution in [3.63, 3.8) is 0 Å². The molecule has 0 amide bonds. The van der Waals surface area contributed by atoms with Crippen LogP contribution in [-0.2, 0) is 0 Å². The number of nitrogens with one attached hydrogen (secondary N) is 1. The SMILES string of the molecule is Cc1ccc([C@@H]2C[C@H](c3ccccc3OC(F)F)Nc3ncnn32)cc1. The number of nitrogens with zero attached hydrogens (tertiary/aromatic N) is 3. The van der Waals surface area contributed by atoms with E-state index >= 15 is 0 Å². The maximum absolute atomic E-state index is 12.8. The molecule has 2 heterocycles. The fourth-order valence-electron chi connectivity index (χ4n) is 3.36. The number of para-hydroxylation sites is 1. The van der Waals surface area contributed by atoms with Crippen LogP contribution in [-0.4, -0.2) is 21.4 Å². The summed E-state index contributed by atoms with van der Waals surface area (Å²) >= 11 is 0. The van der Waals surface area contributed by atoms with Crippen molar-refractivity contribution in [1.29, 1.82) is 0 Å². The number of ether oxygens (including phenoxy) is 1. The minimum absolute atomic E-state index is 0.0426. The zero-order valence-electron chi connectivity index (χ0n) is 14.1. The van der Waals surface area contributed by atoms with E-state index in [9.17, 15) is 8.78 Å². The molecule has 0 bridgehead atoms. The van der Waals surface area contributed by atoms with Gasteiger partial charge in [-0.25, -0.2) is 4.68 Å². The van der Waals surface area contributed by atoms with Gasteiger partial charge in [-0.2, -0.15) is 18.9 Å². The molecule has 0 spiro atoms. The van der Waals surface area contributed by atoms with Gasteiger partial charge in [-0.15, -0.1) is 0 Å². The van der Waals surface area contributed by atoms with Crippen molar-refractivity contribution in [2.24, 2.45) is 0 Å². The number of benzene rings is 2. The Kier molecular flexibility index (Phi) is 4.28. The summed E-state index contributed by atoms with van der Waals surface area (Å²) in [7, 11) is 0. The molecule has 26 heavy (non-hydrogen) atoms. The van der Waals surface area contributed by atoms with Gasteiger partial charge in [0.1, 0.15) is 12.1 Å². The average molecular weight is 356 g/mol. The molecule has 0 aliphatic carbocycles. The number of halogens is 2. The second kappa shape index (κ2) is 6.74. The number of rotatable bonds is 4. The number of aryl methyl sites for hydroxylation is 1. The van der Waals surface area contributed by atoms with E-state index in [4.69, 9.17) is 4.74 Å². The molecular weight excluding hydrogens is 338 g/mol. The molecule has 1 aliphatic rings. The lowest BCUT2D eigenvalue weighted by Crippen LogP contribution is -2.28. The number of alkyl halides is 2. The molecule has 2 atom stereocenters. The number of hydrogen-bond acceptors (Lipinski definition) is 4. The fraction of sp³-hybridized carbons (Fsp3) is 0.263. The third-order valence-electron chi connectivity index (χ3n) is 4.60. The van der Waals surface area contributed by atoms with Crippen molar-refractivity contribution in [2.45, 2.75) is 32.0 Å². The van der Waals surface area contributed by atoms with Crippen LogP contribution >= 0.6 is 0 Å². The number of hydrogen-bond donors (Lipinski definition) is 1. The van der Waals surface area contributed by atoms with Crippen LogP contribution in [0.5, 0.6) is 5.75 Å². The zero-order chi connectivity index (χ0) is 18.1. The molecular formula is C19H18F2N4O. The minimum Gasteiger partial charge on any atom is -0.434 e. The molecule has 7 heteroatoms. The Bertz CT molecular complexity index is 895. The lowest BCUT2D eigenvalue weighted by molar-refractivity contribution is -0.0506. The van der Waals surface area contributed by atoms with Crippen LogP contribution in [0, 0.1) is 6.92 Å². The highest BCUT2D eigenvalue weighted by Crippen LogP contribution is 2.40. The van der Waals surface area contributed by atoms with E-state index in [1.807, 2.05) is 17.7 Å². The van der Waals surface area contributed by atoms with Gasteiger partial charge in [-0.1, -0.05) is 48.0 Å². The maximum atomic E-state index is 12.8. The van der Waals surface area contributed by atoms with E-state index in [0.29, 0.717) is 17.9 Å². The predicted molar refractivity (Wildman–Crippen MR) is 93.4 cm³/mol. The Morgan fingerprint density at radius 1 is 1.15 bits per heavy atom. The number of fused-ring (bicyclic) bond motifs is 1. The molecule has 2 aromatic carbocycles. The highest BCUT2D eigenvalue weighted by molar-refractivity contribution is 5.44. The monoisotopic (exact) mass is 356 g/mol. The van der Waals surface area contributed by atoms with E-state index < -0.39 is 6.61 Å². The molecule has 0 saturated heterocycles. The van der Waals surface area contributed by atoms with Gasteiger partial charge >= 0.3 is 6.61 Å². The summed E-state index contributed by atoms with van der Waals surface area (Å²) in [5.74, 6) is 0.786. The third kappa shape index (κ3) is 3.12.